The molecule has 3 aliphatic rings. The van der Waals surface area contributed by atoms with E-state index in [1.165, 1.54) is 33.1 Å². The average molecular weight is 698 g/mol. The van der Waals surface area contributed by atoms with Gasteiger partial charge in [-0.3, -0.25) is 0 Å². The molecule has 262 valence electrons. The van der Waals surface area contributed by atoms with Crippen molar-refractivity contribution in [3.05, 3.63) is 205 Å². The Morgan fingerprint density at radius 2 is 1.50 bits per heavy atom. The molecule has 0 fully saturated rings. The number of aromatic nitrogens is 1. The van der Waals surface area contributed by atoms with E-state index in [2.05, 4.69) is 199 Å². The van der Waals surface area contributed by atoms with Gasteiger partial charge in [-0.2, -0.15) is 0 Å². The molecule has 1 heterocycles. The van der Waals surface area contributed by atoms with Crippen LogP contribution in [-0.4, -0.2) is 4.57 Å². The van der Waals surface area contributed by atoms with Gasteiger partial charge in [0.1, 0.15) is 0 Å². The van der Waals surface area contributed by atoms with Gasteiger partial charge in [-0.25, -0.2) is 0 Å². The van der Waals surface area contributed by atoms with Gasteiger partial charge in [-0.05, 0) is 108 Å². The lowest BCUT2D eigenvalue weighted by atomic mass is 9.87. The number of nitrogens with zero attached hydrogens (tertiary/aromatic N) is 2. The minimum Gasteiger partial charge on any atom is -0.355 e. The van der Waals surface area contributed by atoms with Gasteiger partial charge in [0.2, 0.25) is 0 Å². The van der Waals surface area contributed by atoms with Crippen molar-refractivity contribution in [2.24, 2.45) is 11.8 Å². The summed E-state index contributed by atoms with van der Waals surface area (Å²) in [6.07, 6.45) is 30.3. The van der Waals surface area contributed by atoms with Crippen LogP contribution in [0, 0.1) is 11.8 Å². The first kappa shape index (κ1) is 33.3. The molecule has 0 radical (unpaired) electrons. The molecule has 0 aliphatic heterocycles. The van der Waals surface area contributed by atoms with E-state index in [1.807, 2.05) is 12.2 Å². The van der Waals surface area contributed by atoms with Gasteiger partial charge in [0.05, 0.1) is 16.7 Å². The standard InChI is InChI=1S/C51H43N3/c1-4-36-33-51(45-21-13-12-20-44(45)42(36)5-2)53(39-17-8-6-7-9-18-39)41-29-31-50-47(34-41)46-22-14-15-23-49(46)54(50)40-27-25-38(26-28-40)52-48-30-24-35(3)32-37-16-10-11-19-43(37)48/h4-8,10-31,33-35,37,52H,1-2,9,32H2,3H3. The molecule has 0 bridgehead atoms. The van der Waals surface area contributed by atoms with Crippen molar-refractivity contribution in [3.8, 4) is 5.69 Å². The zero-order valence-corrected chi connectivity index (χ0v) is 30.6. The summed E-state index contributed by atoms with van der Waals surface area (Å²) in [5.74, 6) is 0.964. The Morgan fingerprint density at radius 3 is 2.33 bits per heavy atom. The Morgan fingerprint density at radius 1 is 0.722 bits per heavy atom. The number of allylic oxidation sites excluding steroid dienone is 12. The van der Waals surface area contributed by atoms with Gasteiger partial charge in [0.25, 0.3) is 0 Å². The van der Waals surface area contributed by atoms with Crippen LogP contribution in [0.25, 0.3) is 50.4 Å². The third-order valence-electron chi connectivity index (χ3n) is 11.0. The molecular weight excluding hydrogens is 655 g/mol. The minimum atomic E-state index is 0.431. The topological polar surface area (TPSA) is 20.2 Å². The minimum absolute atomic E-state index is 0.431. The molecule has 1 N–H and O–H groups in total. The van der Waals surface area contributed by atoms with Gasteiger partial charge in [0.15, 0.2) is 0 Å². The highest BCUT2D eigenvalue weighted by atomic mass is 15.1. The van der Waals surface area contributed by atoms with Gasteiger partial charge in [0, 0.05) is 50.5 Å². The summed E-state index contributed by atoms with van der Waals surface area (Å²) in [7, 11) is 0. The van der Waals surface area contributed by atoms with Crippen LogP contribution in [-0.2, 0) is 0 Å². The molecule has 0 saturated carbocycles. The maximum Gasteiger partial charge on any atom is 0.0546 e. The summed E-state index contributed by atoms with van der Waals surface area (Å²) in [6.45, 7) is 10.6. The normalized spacial score (nSPS) is 17.8. The summed E-state index contributed by atoms with van der Waals surface area (Å²) in [5, 5.41) is 8.50. The zero-order valence-electron chi connectivity index (χ0n) is 30.6. The molecule has 6 aromatic rings. The SMILES string of the molecule is C=Cc1cc(N(C2=CCC=CC=C2)c2ccc3c(c2)c2ccccc2n3-c2ccc(NC3=C4C=CC=CC4CC(C)C=C3)cc2)c2ccccc2c1C=C. The predicted molar refractivity (Wildman–Crippen MR) is 233 cm³/mol. The molecule has 0 amide bonds. The van der Waals surface area contributed by atoms with E-state index in [0.29, 0.717) is 11.8 Å². The van der Waals surface area contributed by atoms with E-state index < -0.39 is 0 Å². The highest BCUT2D eigenvalue weighted by Gasteiger charge is 2.22. The first-order valence-corrected chi connectivity index (χ1v) is 18.9. The second kappa shape index (κ2) is 14.1. The van der Waals surface area contributed by atoms with E-state index >= 15 is 0 Å². The van der Waals surface area contributed by atoms with Gasteiger partial charge in [-0.1, -0.05) is 129 Å². The smallest absolute Gasteiger partial charge is 0.0546 e. The summed E-state index contributed by atoms with van der Waals surface area (Å²) >= 11 is 0. The van der Waals surface area contributed by atoms with Crippen LogP contribution in [0.15, 0.2) is 194 Å². The molecule has 0 spiro atoms. The van der Waals surface area contributed by atoms with Crippen LogP contribution < -0.4 is 10.2 Å². The largest absolute Gasteiger partial charge is 0.355 e. The fourth-order valence-corrected chi connectivity index (χ4v) is 8.40. The number of benzene rings is 5. The maximum absolute atomic E-state index is 4.19. The Bertz CT molecular complexity index is 2690. The molecule has 0 saturated heterocycles. The second-order valence-electron chi connectivity index (χ2n) is 14.4. The van der Waals surface area contributed by atoms with Crippen LogP contribution in [0.2, 0.25) is 0 Å². The Labute approximate surface area is 317 Å². The summed E-state index contributed by atoms with van der Waals surface area (Å²) in [6, 6.07) is 35.4. The van der Waals surface area contributed by atoms with Crippen molar-refractivity contribution in [3.63, 3.8) is 0 Å². The lowest BCUT2D eigenvalue weighted by Crippen LogP contribution is -2.16. The molecule has 9 rings (SSSR count). The summed E-state index contributed by atoms with van der Waals surface area (Å²) in [4.78, 5) is 2.40. The highest BCUT2D eigenvalue weighted by Crippen LogP contribution is 2.43. The average Bonchev–Trinajstić information content (AvgIpc) is 3.34. The number of anilines is 3. The third kappa shape index (κ3) is 5.88. The third-order valence-corrected chi connectivity index (χ3v) is 11.0. The summed E-state index contributed by atoms with van der Waals surface area (Å²) in [5.41, 5.74) is 12.6. The van der Waals surface area contributed by atoms with Crippen molar-refractivity contribution in [2.45, 2.75) is 19.8 Å². The lowest BCUT2D eigenvalue weighted by Gasteiger charge is -2.29. The number of nitrogens with one attached hydrogen (secondary N) is 1. The van der Waals surface area contributed by atoms with E-state index in [-0.39, 0.29) is 0 Å². The second-order valence-corrected chi connectivity index (χ2v) is 14.4. The molecule has 1 aromatic heterocycles. The quantitative estimate of drug-likeness (QED) is 0.171. The molecule has 5 aromatic carbocycles. The number of fused-ring (bicyclic) bond motifs is 5. The maximum atomic E-state index is 4.19. The fraction of sp³-hybridized carbons (Fsp3) is 0.0980. The Balaban J connectivity index is 1.17. The molecular formula is C51H43N3. The van der Waals surface area contributed by atoms with Crippen LogP contribution in [0.4, 0.5) is 17.1 Å². The van der Waals surface area contributed by atoms with E-state index in [0.717, 1.165) is 63.2 Å². The first-order chi connectivity index (χ1) is 26.6. The molecule has 2 unspecified atom stereocenters. The predicted octanol–water partition coefficient (Wildman–Crippen LogP) is 13.8. The number of hydrogen-bond donors (Lipinski definition) is 1. The lowest BCUT2D eigenvalue weighted by molar-refractivity contribution is 0.571. The monoisotopic (exact) mass is 697 g/mol. The molecule has 54 heavy (non-hydrogen) atoms. The van der Waals surface area contributed by atoms with E-state index in [9.17, 15) is 0 Å². The highest BCUT2D eigenvalue weighted by molar-refractivity contribution is 6.11. The number of hydrogen-bond acceptors (Lipinski definition) is 2. The number of para-hydroxylation sites is 1. The Hall–Kier alpha value is -6.58. The molecule has 3 heteroatoms. The zero-order chi connectivity index (χ0) is 36.6. The van der Waals surface area contributed by atoms with E-state index in [1.54, 1.807) is 0 Å². The summed E-state index contributed by atoms with van der Waals surface area (Å²) < 4.78 is 2.39. The van der Waals surface area contributed by atoms with Crippen LogP contribution >= 0.6 is 0 Å². The molecule has 3 nitrogen and oxygen atoms in total. The number of rotatable bonds is 8. The van der Waals surface area contributed by atoms with Gasteiger partial charge >= 0.3 is 0 Å². The Kier molecular flexibility index (Phi) is 8.69. The van der Waals surface area contributed by atoms with Crippen molar-refractivity contribution in [1.29, 1.82) is 0 Å². The van der Waals surface area contributed by atoms with Crippen LogP contribution in [0.3, 0.4) is 0 Å². The van der Waals surface area contributed by atoms with Gasteiger partial charge < -0.3 is 14.8 Å². The fourth-order valence-electron chi connectivity index (χ4n) is 8.40. The van der Waals surface area contributed by atoms with Crippen molar-refractivity contribution < 1.29 is 0 Å². The molecule has 3 aliphatic carbocycles. The van der Waals surface area contributed by atoms with Crippen LogP contribution in [0.1, 0.15) is 30.9 Å². The van der Waals surface area contributed by atoms with Crippen molar-refractivity contribution in [2.75, 3.05) is 10.2 Å². The molecule has 2 atom stereocenters. The van der Waals surface area contributed by atoms with E-state index in [4.69, 9.17) is 0 Å². The van der Waals surface area contributed by atoms with Crippen molar-refractivity contribution >= 4 is 61.8 Å². The van der Waals surface area contributed by atoms with Gasteiger partial charge in [-0.15, -0.1) is 0 Å². The van der Waals surface area contributed by atoms with Crippen molar-refractivity contribution in [1.82, 2.24) is 4.57 Å². The first-order valence-electron chi connectivity index (χ1n) is 18.9. The van der Waals surface area contributed by atoms with Crippen LogP contribution in [0.5, 0.6) is 0 Å².